The zero-order valence-corrected chi connectivity index (χ0v) is 10.6. The molecule has 1 aliphatic heterocycles. The van der Waals surface area contributed by atoms with Gasteiger partial charge in [-0.25, -0.2) is 0 Å². The molecule has 1 saturated heterocycles. The summed E-state index contributed by atoms with van der Waals surface area (Å²) in [6.07, 6.45) is 4.31. The van der Waals surface area contributed by atoms with Crippen LogP contribution in [-0.2, 0) is 11.8 Å². The SMILES string of the molecule is Cn1cc(NC(=O)CC2CCNCC2)ccc1=O. The number of amides is 1. The summed E-state index contributed by atoms with van der Waals surface area (Å²) in [5.41, 5.74) is 0.599. The highest BCUT2D eigenvalue weighted by Gasteiger charge is 2.16. The Bertz CT molecular complexity index is 475. The molecule has 0 aliphatic carbocycles. The first-order chi connectivity index (χ1) is 8.65. The number of pyridine rings is 1. The van der Waals surface area contributed by atoms with E-state index in [2.05, 4.69) is 10.6 Å². The minimum Gasteiger partial charge on any atom is -0.325 e. The zero-order chi connectivity index (χ0) is 13.0. The van der Waals surface area contributed by atoms with Crippen molar-refractivity contribution in [3.63, 3.8) is 0 Å². The summed E-state index contributed by atoms with van der Waals surface area (Å²) in [7, 11) is 1.67. The molecule has 5 nitrogen and oxygen atoms in total. The molecule has 2 rings (SSSR count). The molecule has 0 atom stereocenters. The highest BCUT2D eigenvalue weighted by molar-refractivity contribution is 5.90. The summed E-state index contributed by atoms with van der Waals surface area (Å²) in [6, 6.07) is 3.10. The van der Waals surface area contributed by atoms with Crippen LogP contribution in [-0.4, -0.2) is 23.6 Å². The Morgan fingerprint density at radius 2 is 2.17 bits per heavy atom. The number of piperidine rings is 1. The fraction of sp³-hybridized carbons (Fsp3) is 0.538. The van der Waals surface area contributed by atoms with E-state index in [9.17, 15) is 9.59 Å². The van der Waals surface area contributed by atoms with E-state index in [1.807, 2.05) is 0 Å². The molecular weight excluding hydrogens is 230 g/mol. The number of nitrogens with zero attached hydrogens (tertiary/aromatic N) is 1. The Balaban J connectivity index is 1.90. The van der Waals surface area contributed by atoms with Crippen LogP contribution in [0.15, 0.2) is 23.1 Å². The molecule has 2 heterocycles. The first kappa shape index (κ1) is 12.8. The van der Waals surface area contributed by atoms with Gasteiger partial charge < -0.3 is 15.2 Å². The summed E-state index contributed by atoms with van der Waals surface area (Å²) in [5, 5.41) is 6.12. The van der Waals surface area contributed by atoms with E-state index in [-0.39, 0.29) is 11.5 Å². The molecule has 0 unspecified atom stereocenters. The van der Waals surface area contributed by atoms with E-state index < -0.39 is 0 Å². The summed E-state index contributed by atoms with van der Waals surface area (Å²) >= 11 is 0. The second kappa shape index (κ2) is 5.82. The van der Waals surface area contributed by atoms with Gasteiger partial charge in [-0.3, -0.25) is 9.59 Å². The molecule has 98 valence electrons. The van der Waals surface area contributed by atoms with Crippen LogP contribution in [0, 0.1) is 5.92 Å². The molecule has 0 radical (unpaired) electrons. The standard InChI is InChI=1S/C13H19N3O2/c1-16-9-11(2-3-13(16)18)15-12(17)8-10-4-6-14-7-5-10/h2-3,9-10,14H,4-8H2,1H3,(H,15,17). The van der Waals surface area contributed by atoms with E-state index in [0.717, 1.165) is 25.9 Å². The number of aryl methyl sites for hydroxylation is 1. The maximum atomic E-state index is 11.9. The van der Waals surface area contributed by atoms with Gasteiger partial charge in [-0.05, 0) is 37.9 Å². The van der Waals surface area contributed by atoms with E-state index >= 15 is 0 Å². The number of hydrogen-bond acceptors (Lipinski definition) is 3. The van der Waals surface area contributed by atoms with Crippen LogP contribution in [0.4, 0.5) is 5.69 Å². The quantitative estimate of drug-likeness (QED) is 0.829. The van der Waals surface area contributed by atoms with Gasteiger partial charge in [0.05, 0.1) is 5.69 Å². The molecule has 1 amide bonds. The van der Waals surface area contributed by atoms with Gasteiger partial charge in [0.25, 0.3) is 0 Å². The van der Waals surface area contributed by atoms with Crippen molar-refractivity contribution in [2.45, 2.75) is 19.3 Å². The topological polar surface area (TPSA) is 63.1 Å². The second-order valence-electron chi connectivity index (χ2n) is 4.81. The van der Waals surface area contributed by atoms with Gasteiger partial charge in [0.1, 0.15) is 0 Å². The van der Waals surface area contributed by atoms with Gasteiger partial charge in [-0.15, -0.1) is 0 Å². The fourth-order valence-electron chi connectivity index (χ4n) is 2.23. The first-order valence-electron chi connectivity index (χ1n) is 6.32. The summed E-state index contributed by atoms with van der Waals surface area (Å²) in [5.74, 6) is 0.499. The lowest BCUT2D eigenvalue weighted by molar-refractivity contribution is -0.117. The largest absolute Gasteiger partial charge is 0.325 e. The Morgan fingerprint density at radius 3 is 2.83 bits per heavy atom. The summed E-state index contributed by atoms with van der Waals surface area (Å²) < 4.78 is 1.46. The summed E-state index contributed by atoms with van der Waals surface area (Å²) in [6.45, 7) is 2.00. The molecular formula is C13H19N3O2. The number of nitrogens with one attached hydrogen (secondary N) is 2. The van der Waals surface area contributed by atoms with E-state index in [0.29, 0.717) is 18.0 Å². The van der Waals surface area contributed by atoms with E-state index in [1.54, 1.807) is 19.3 Å². The minimum atomic E-state index is -0.0775. The average molecular weight is 249 g/mol. The number of carbonyl (C=O) groups is 1. The lowest BCUT2D eigenvalue weighted by Crippen LogP contribution is -2.30. The van der Waals surface area contributed by atoms with E-state index in [1.165, 1.54) is 10.6 Å². The van der Waals surface area contributed by atoms with Crippen molar-refractivity contribution in [2.75, 3.05) is 18.4 Å². The molecule has 0 saturated carbocycles. The van der Waals surface area contributed by atoms with Gasteiger partial charge in [0.2, 0.25) is 11.5 Å². The van der Waals surface area contributed by atoms with Crippen molar-refractivity contribution in [1.29, 1.82) is 0 Å². The smallest absolute Gasteiger partial charge is 0.250 e. The molecule has 5 heteroatoms. The van der Waals surface area contributed by atoms with Crippen LogP contribution in [0.2, 0.25) is 0 Å². The molecule has 1 aromatic heterocycles. The van der Waals surface area contributed by atoms with Crippen molar-refractivity contribution in [3.8, 4) is 0 Å². The average Bonchev–Trinajstić information content (AvgIpc) is 2.35. The first-order valence-corrected chi connectivity index (χ1v) is 6.32. The van der Waals surface area contributed by atoms with Gasteiger partial charge >= 0.3 is 0 Å². The van der Waals surface area contributed by atoms with E-state index in [4.69, 9.17) is 0 Å². The predicted molar refractivity (Wildman–Crippen MR) is 70.5 cm³/mol. The monoisotopic (exact) mass is 249 g/mol. The fourth-order valence-corrected chi connectivity index (χ4v) is 2.23. The molecule has 0 aromatic carbocycles. The molecule has 0 bridgehead atoms. The van der Waals surface area contributed by atoms with Gasteiger partial charge in [-0.1, -0.05) is 0 Å². The molecule has 2 N–H and O–H groups in total. The van der Waals surface area contributed by atoms with Crippen LogP contribution >= 0.6 is 0 Å². The second-order valence-corrected chi connectivity index (χ2v) is 4.81. The Kier molecular flexibility index (Phi) is 4.15. The van der Waals surface area contributed by atoms with Crippen molar-refractivity contribution in [1.82, 2.24) is 9.88 Å². The van der Waals surface area contributed by atoms with Crippen LogP contribution in [0.25, 0.3) is 0 Å². The van der Waals surface area contributed by atoms with Crippen LogP contribution in [0.5, 0.6) is 0 Å². The lowest BCUT2D eigenvalue weighted by atomic mass is 9.94. The number of hydrogen-bond donors (Lipinski definition) is 2. The van der Waals surface area contributed by atoms with Crippen LogP contribution in [0.3, 0.4) is 0 Å². The maximum absolute atomic E-state index is 11.9. The highest BCUT2D eigenvalue weighted by atomic mass is 16.1. The Morgan fingerprint density at radius 1 is 1.44 bits per heavy atom. The van der Waals surface area contributed by atoms with Gasteiger partial charge in [-0.2, -0.15) is 0 Å². The number of carbonyl (C=O) groups excluding carboxylic acids is 1. The lowest BCUT2D eigenvalue weighted by Gasteiger charge is -2.21. The predicted octanol–water partition coefficient (Wildman–Crippen LogP) is 0.713. The molecule has 1 aromatic rings. The molecule has 0 spiro atoms. The Hall–Kier alpha value is -1.62. The normalized spacial score (nSPS) is 16.5. The van der Waals surface area contributed by atoms with Crippen molar-refractivity contribution >= 4 is 11.6 Å². The number of rotatable bonds is 3. The number of aromatic nitrogens is 1. The molecule has 1 aliphatic rings. The van der Waals surface area contributed by atoms with Gasteiger partial charge in [0, 0.05) is 25.7 Å². The molecule has 1 fully saturated rings. The Labute approximate surface area is 106 Å². The number of anilines is 1. The van der Waals surface area contributed by atoms with Crippen molar-refractivity contribution in [3.05, 3.63) is 28.7 Å². The minimum absolute atomic E-state index is 0.0283. The van der Waals surface area contributed by atoms with Crippen LogP contribution < -0.4 is 16.2 Å². The summed E-state index contributed by atoms with van der Waals surface area (Å²) in [4.78, 5) is 23.1. The van der Waals surface area contributed by atoms with Crippen molar-refractivity contribution in [2.24, 2.45) is 13.0 Å². The third-order valence-electron chi connectivity index (χ3n) is 3.30. The molecule has 18 heavy (non-hydrogen) atoms. The van der Waals surface area contributed by atoms with Crippen molar-refractivity contribution < 1.29 is 4.79 Å². The zero-order valence-electron chi connectivity index (χ0n) is 10.6. The third-order valence-corrected chi connectivity index (χ3v) is 3.30. The maximum Gasteiger partial charge on any atom is 0.250 e. The van der Waals surface area contributed by atoms with Crippen LogP contribution in [0.1, 0.15) is 19.3 Å². The highest BCUT2D eigenvalue weighted by Crippen LogP contribution is 2.16. The third kappa shape index (κ3) is 3.43. The van der Waals surface area contributed by atoms with Gasteiger partial charge in [0.15, 0.2) is 0 Å².